The number of methoxy groups -OCH3 is 1. The van der Waals surface area contributed by atoms with Crippen LogP contribution in [0.2, 0.25) is 0 Å². The molecule has 3 aromatic rings. The van der Waals surface area contributed by atoms with Crippen molar-refractivity contribution in [3.8, 4) is 28.6 Å². The Hall–Kier alpha value is -3.31. The Labute approximate surface area is 238 Å². The van der Waals surface area contributed by atoms with Crippen molar-refractivity contribution in [3.05, 3.63) is 52.7 Å². The molecule has 2 saturated heterocycles. The molecule has 0 spiro atoms. The minimum atomic E-state index is -1.76. The predicted molar refractivity (Wildman–Crippen MR) is 142 cm³/mol. The number of phenols is 1. The third-order valence-electron chi connectivity index (χ3n) is 7.31. The molecule has 2 fully saturated rings. The number of hydrogen-bond acceptors (Lipinski definition) is 14. The monoisotopic (exact) mass is 592 g/mol. The fourth-order valence-corrected chi connectivity index (χ4v) is 4.84. The van der Waals surface area contributed by atoms with Crippen molar-refractivity contribution in [2.45, 2.75) is 68.3 Å². The molecule has 5 rings (SSSR count). The molecule has 0 amide bonds. The molecular weight excluding hydrogens is 560 g/mol. The molecule has 10 atom stereocenters. The second-order valence-corrected chi connectivity index (χ2v) is 10.2. The van der Waals surface area contributed by atoms with Gasteiger partial charge in [-0.25, -0.2) is 0 Å². The first-order chi connectivity index (χ1) is 20.0. The highest BCUT2D eigenvalue weighted by Gasteiger charge is 2.47. The predicted octanol–water partition coefficient (Wildman–Crippen LogP) is -0.795. The van der Waals surface area contributed by atoms with Gasteiger partial charge in [-0.3, -0.25) is 4.79 Å². The number of phenolic OH excluding ortho intramolecular Hbond substituents is 1. The Morgan fingerprint density at radius 2 is 1.45 bits per heavy atom. The standard InChI is InChI=1S/C28H32O14/c1-11-21(31)23(33)25(35)27(39-11)38-10-19-22(32)24(34)26(36)28(42-19)40-14-7-15(29)20-16(30)9-17(41-18(20)8-14)12-3-5-13(37-2)6-4-12/h3-9,11,19,21-29,31-36H,10H2,1-2H3/t11-,19+,21-,22+,23+,24-,25+,26+,27+,28-/m0/s1. The zero-order valence-corrected chi connectivity index (χ0v) is 22.5. The normalized spacial score (nSPS) is 33.4. The smallest absolute Gasteiger partial charge is 0.229 e. The third kappa shape index (κ3) is 5.81. The van der Waals surface area contributed by atoms with Gasteiger partial charge in [-0.15, -0.1) is 0 Å². The number of rotatable bonds is 7. The average Bonchev–Trinajstić information content (AvgIpc) is 2.97. The number of ether oxygens (including phenoxy) is 5. The second kappa shape index (κ2) is 12.1. The Bertz CT molecular complexity index is 1440. The zero-order valence-electron chi connectivity index (χ0n) is 22.5. The summed E-state index contributed by atoms with van der Waals surface area (Å²) in [6, 6.07) is 10.4. The molecule has 0 unspecified atom stereocenters. The van der Waals surface area contributed by atoms with Crippen molar-refractivity contribution in [3.63, 3.8) is 0 Å². The van der Waals surface area contributed by atoms with Crippen LogP contribution in [0, 0.1) is 0 Å². The van der Waals surface area contributed by atoms with Crippen LogP contribution >= 0.6 is 0 Å². The molecule has 14 heteroatoms. The van der Waals surface area contributed by atoms with E-state index in [1.807, 2.05) is 0 Å². The van der Waals surface area contributed by atoms with Crippen molar-refractivity contribution in [1.82, 2.24) is 0 Å². The van der Waals surface area contributed by atoms with Gasteiger partial charge in [-0.05, 0) is 31.2 Å². The molecule has 2 aliphatic heterocycles. The molecule has 14 nitrogen and oxygen atoms in total. The minimum Gasteiger partial charge on any atom is -0.507 e. The number of aromatic hydroxyl groups is 1. The van der Waals surface area contributed by atoms with Gasteiger partial charge < -0.3 is 63.8 Å². The maximum absolute atomic E-state index is 12.8. The topological polar surface area (TPSA) is 218 Å². The van der Waals surface area contributed by atoms with Crippen molar-refractivity contribution in [2.24, 2.45) is 0 Å². The number of benzene rings is 2. The summed E-state index contributed by atoms with van der Waals surface area (Å²) >= 11 is 0. The lowest BCUT2D eigenvalue weighted by Crippen LogP contribution is -2.61. The molecule has 0 saturated carbocycles. The molecule has 7 N–H and O–H groups in total. The van der Waals surface area contributed by atoms with Crippen molar-refractivity contribution in [1.29, 1.82) is 0 Å². The van der Waals surface area contributed by atoms with E-state index in [1.165, 1.54) is 26.2 Å². The van der Waals surface area contributed by atoms with Crippen molar-refractivity contribution >= 4 is 11.0 Å². The third-order valence-corrected chi connectivity index (χ3v) is 7.31. The quantitative estimate of drug-likeness (QED) is 0.179. The summed E-state index contributed by atoms with van der Waals surface area (Å²) in [5, 5.41) is 71.9. The molecule has 0 radical (unpaired) electrons. The van der Waals surface area contributed by atoms with Gasteiger partial charge in [-0.1, -0.05) is 0 Å². The summed E-state index contributed by atoms with van der Waals surface area (Å²) in [6.07, 6.45) is -14.8. The van der Waals surface area contributed by atoms with E-state index < -0.39 is 79.2 Å². The first kappa shape index (κ1) is 30.2. The van der Waals surface area contributed by atoms with Crippen LogP contribution < -0.4 is 14.9 Å². The van der Waals surface area contributed by atoms with Crippen LogP contribution in [-0.4, -0.2) is 111 Å². The lowest BCUT2D eigenvalue weighted by Gasteiger charge is -2.42. The van der Waals surface area contributed by atoms with Crippen LogP contribution in [0.1, 0.15) is 6.92 Å². The highest BCUT2D eigenvalue weighted by atomic mass is 16.7. The van der Waals surface area contributed by atoms with Gasteiger partial charge in [0.15, 0.2) is 11.7 Å². The van der Waals surface area contributed by atoms with Crippen LogP contribution in [0.3, 0.4) is 0 Å². The first-order valence-electron chi connectivity index (χ1n) is 13.1. The van der Waals surface area contributed by atoms with Gasteiger partial charge in [0.2, 0.25) is 6.29 Å². The van der Waals surface area contributed by atoms with Gasteiger partial charge in [0.25, 0.3) is 0 Å². The van der Waals surface area contributed by atoms with E-state index in [1.54, 1.807) is 24.3 Å². The van der Waals surface area contributed by atoms with E-state index in [4.69, 9.17) is 28.1 Å². The molecule has 2 aromatic carbocycles. The largest absolute Gasteiger partial charge is 0.507 e. The highest BCUT2D eigenvalue weighted by molar-refractivity contribution is 5.86. The Morgan fingerprint density at radius 3 is 2.14 bits per heavy atom. The van der Waals surface area contributed by atoms with E-state index in [2.05, 4.69) is 0 Å². The molecule has 3 heterocycles. The van der Waals surface area contributed by atoms with Crippen LogP contribution in [0.15, 0.2) is 51.7 Å². The molecule has 228 valence electrons. The summed E-state index contributed by atoms with van der Waals surface area (Å²) < 4.78 is 33.2. The van der Waals surface area contributed by atoms with E-state index in [0.29, 0.717) is 11.3 Å². The molecule has 0 bridgehead atoms. The van der Waals surface area contributed by atoms with E-state index in [-0.39, 0.29) is 22.5 Å². The summed E-state index contributed by atoms with van der Waals surface area (Å²) in [5.74, 6) is 0.238. The summed E-state index contributed by atoms with van der Waals surface area (Å²) in [4.78, 5) is 12.8. The van der Waals surface area contributed by atoms with Gasteiger partial charge in [-0.2, -0.15) is 0 Å². The fourth-order valence-electron chi connectivity index (χ4n) is 4.84. The lowest BCUT2D eigenvalue weighted by molar-refractivity contribution is -0.318. The molecule has 0 aliphatic carbocycles. The van der Waals surface area contributed by atoms with Gasteiger partial charge in [0, 0.05) is 23.8 Å². The summed E-state index contributed by atoms with van der Waals surface area (Å²) in [7, 11) is 1.52. The second-order valence-electron chi connectivity index (χ2n) is 10.2. The van der Waals surface area contributed by atoms with Gasteiger partial charge in [0.1, 0.15) is 76.7 Å². The molecule has 1 aromatic heterocycles. The fraction of sp³-hybridized carbons (Fsp3) is 0.464. The Morgan fingerprint density at radius 1 is 0.786 bits per heavy atom. The molecular formula is C28H32O14. The summed E-state index contributed by atoms with van der Waals surface area (Å²) in [6.45, 7) is 0.984. The SMILES string of the molecule is COc1ccc(-c2cc(=O)c3c(O)cc(O[C@H]4O[C@H](CO[C@@H]5O[C@@H](C)[C@H](O)[C@@H](O)[C@H]5O)[C@@H](O)[C@H](O)[C@H]4O)cc3o2)cc1. The van der Waals surface area contributed by atoms with Crippen LogP contribution in [0.25, 0.3) is 22.3 Å². The van der Waals surface area contributed by atoms with Crippen LogP contribution in [0.4, 0.5) is 0 Å². The Kier molecular flexibility index (Phi) is 8.71. The van der Waals surface area contributed by atoms with Gasteiger partial charge >= 0.3 is 0 Å². The van der Waals surface area contributed by atoms with Crippen LogP contribution in [-0.2, 0) is 14.2 Å². The maximum atomic E-state index is 12.8. The zero-order chi connectivity index (χ0) is 30.3. The number of hydrogen-bond donors (Lipinski definition) is 7. The molecule has 2 aliphatic rings. The number of fused-ring (bicyclic) bond motifs is 1. The maximum Gasteiger partial charge on any atom is 0.229 e. The highest BCUT2D eigenvalue weighted by Crippen LogP contribution is 2.34. The van der Waals surface area contributed by atoms with Crippen molar-refractivity contribution < 1.29 is 63.8 Å². The minimum absolute atomic E-state index is 0.0348. The van der Waals surface area contributed by atoms with E-state index in [9.17, 15) is 40.5 Å². The lowest BCUT2D eigenvalue weighted by atomic mass is 9.98. The first-order valence-corrected chi connectivity index (χ1v) is 13.1. The van der Waals surface area contributed by atoms with Crippen molar-refractivity contribution in [2.75, 3.05) is 13.7 Å². The number of aliphatic hydroxyl groups is 6. The molecule has 42 heavy (non-hydrogen) atoms. The number of aliphatic hydroxyl groups excluding tert-OH is 6. The van der Waals surface area contributed by atoms with E-state index in [0.717, 1.165) is 6.07 Å². The average molecular weight is 593 g/mol. The Balaban J connectivity index is 1.35. The summed E-state index contributed by atoms with van der Waals surface area (Å²) in [5.41, 5.74) is 0.0115. The van der Waals surface area contributed by atoms with E-state index >= 15 is 0 Å². The van der Waals surface area contributed by atoms with Gasteiger partial charge in [0.05, 0.1) is 19.8 Å². The van der Waals surface area contributed by atoms with Crippen LogP contribution in [0.5, 0.6) is 17.2 Å².